The molecule has 28 heavy (non-hydrogen) atoms. The molecule has 0 radical (unpaired) electrons. The Labute approximate surface area is 184 Å². The second-order valence-electron chi connectivity index (χ2n) is 7.54. The van der Waals surface area contributed by atoms with Gasteiger partial charge in [-0.1, -0.05) is 31.0 Å². The first-order valence-electron chi connectivity index (χ1n) is 9.68. The molecule has 1 aromatic carbocycles. The summed E-state index contributed by atoms with van der Waals surface area (Å²) in [6, 6.07) is 10.1. The molecule has 1 aliphatic carbocycles. The largest absolute Gasteiger partial charge is 0.461 e. The maximum Gasteiger partial charge on any atom is 0.230 e. The van der Waals surface area contributed by atoms with E-state index in [1.807, 2.05) is 32.3 Å². The van der Waals surface area contributed by atoms with E-state index in [0.717, 1.165) is 54.8 Å². The van der Waals surface area contributed by atoms with Crippen LogP contribution in [0.4, 0.5) is 0 Å². The van der Waals surface area contributed by atoms with E-state index in [4.69, 9.17) is 4.42 Å². The Kier molecular flexibility index (Phi) is 8.15. The van der Waals surface area contributed by atoms with Gasteiger partial charge in [-0.3, -0.25) is 9.79 Å². The summed E-state index contributed by atoms with van der Waals surface area (Å²) in [4.78, 5) is 18.7. The number of para-hydroxylation sites is 1. The summed E-state index contributed by atoms with van der Waals surface area (Å²) >= 11 is 0. The van der Waals surface area contributed by atoms with Gasteiger partial charge in [0.15, 0.2) is 5.96 Å². The van der Waals surface area contributed by atoms with Crippen LogP contribution in [0.3, 0.4) is 0 Å². The average molecular weight is 498 g/mol. The van der Waals surface area contributed by atoms with Crippen molar-refractivity contribution in [1.82, 2.24) is 15.5 Å². The number of hydrogen-bond acceptors (Lipinski definition) is 3. The van der Waals surface area contributed by atoms with Crippen LogP contribution in [0.25, 0.3) is 11.0 Å². The zero-order chi connectivity index (χ0) is 19.3. The Hall–Kier alpha value is -1.77. The van der Waals surface area contributed by atoms with Gasteiger partial charge in [0, 0.05) is 46.0 Å². The van der Waals surface area contributed by atoms with Crippen molar-refractivity contribution in [2.45, 2.75) is 32.1 Å². The topological polar surface area (TPSA) is 69.9 Å². The Balaban J connectivity index is 0.00000280. The molecule has 1 heterocycles. The second-order valence-corrected chi connectivity index (χ2v) is 7.54. The Morgan fingerprint density at radius 1 is 1.21 bits per heavy atom. The summed E-state index contributed by atoms with van der Waals surface area (Å²) in [5.41, 5.74) is 0.611. The Morgan fingerprint density at radius 3 is 2.57 bits per heavy atom. The van der Waals surface area contributed by atoms with Gasteiger partial charge in [-0.15, -0.1) is 24.0 Å². The standard InChI is InChI=1S/C21H30N4O2.HI/c1-22-20(24-15-21(11-6-7-12-21)19(26)25(2)3)23-13-10-17-14-16-8-4-5-9-18(16)27-17;/h4-5,8-9,14H,6-7,10-13,15H2,1-3H3,(H2,22,23,24);1H. The SMILES string of the molecule is CN=C(NCCc1cc2ccccc2o1)NCC1(C(=O)N(C)C)CCCC1.I. The summed E-state index contributed by atoms with van der Waals surface area (Å²) < 4.78 is 5.85. The lowest BCUT2D eigenvalue weighted by Crippen LogP contribution is -2.49. The average Bonchev–Trinajstić information content (AvgIpc) is 3.31. The summed E-state index contributed by atoms with van der Waals surface area (Å²) in [6.45, 7) is 1.34. The van der Waals surface area contributed by atoms with Gasteiger partial charge >= 0.3 is 0 Å². The molecule has 0 unspecified atom stereocenters. The molecule has 2 aromatic rings. The molecule has 2 N–H and O–H groups in total. The summed E-state index contributed by atoms with van der Waals surface area (Å²) in [5.74, 6) is 1.89. The maximum atomic E-state index is 12.7. The minimum atomic E-state index is -0.306. The van der Waals surface area contributed by atoms with Crippen LogP contribution in [0.2, 0.25) is 0 Å². The summed E-state index contributed by atoms with van der Waals surface area (Å²) in [5, 5.41) is 7.81. The highest BCUT2D eigenvalue weighted by molar-refractivity contribution is 14.0. The highest BCUT2D eigenvalue weighted by atomic mass is 127. The number of halogens is 1. The zero-order valence-corrected chi connectivity index (χ0v) is 19.3. The molecule has 6 nitrogen and oxygen atoms in total. The number of rotatable bonds is 6. The third-order valence-corrected chi connectivity index (χ3v) is 5.38. The smallest absolute Gasteiger partial charge is 0.230 e. The minimum Gasteiger partial charge on any atom is -0.461 e. The van der Waals surface area contributed by atoms with Crippen molar-refractivity contribution in [3.05, 3.63) is 36.1 Å². The van der Waals surface area contributed by atoms with E-state index in [0.29, 0.717) is 13.1 Å². The number of aliphatic imine (C=N–C) groups is 1. The molecule has 1 saturated carbocycles. The quantitative estimate of drug-likeness (QED) is 0.364. The predicted octanol–water partition coefficient (Wildman–Crippen LogP) is 3.41. The fourth-order valence-corrected chi connectivity index (χ4v) is 3.93. The normalized spacial score (nSPS) is 15.9. The molecule has 0 aliphatic heterocycles. The monoisotopic (exact) mass is 498 g/mol. The molecule has 1 fully saturated rings. The third kappa shape index (κ3) is 5.18. The van der Waals surface area contributed by atoms with Crippen molar-refractivity contribution < 1.29 is 9.21 Å². The van der Waals surface area contributed by atoms with Gasteiger partial charge in [-0.05, 0) is 25.0 Å². The van der Waals surface area contributed by atoms with E-state index in [-0.39, 0.29) is 35.3 Å². The van der Waals surface area contributed by atoms with Crippen LogP contribution in [0.15, 0.2) is 39.7 Å². The van der Waals surface area contributed by atoms with Crippen molar-refractivity contribution in [3.8, 4) is 0 Å². The number of amides is 1. The van der Waals surface area contributed by atoms with Gasteiger partial charge in [0.2, 0.25) is 5.91 Å². The van der Waals surface area contributed by atoms with Gasteiger partial charge in [0.05, 0.1) is 5.41 Å². The third-order valence-electron chi connectivity index (χ3n) is 5.38. The van der Waals surface area contributed by atoms with Crippen LogP contribution < -0.4 is 10.6 Å². The number of guanidine groups is 1. The maximum absolute atomic E-state index is 12.7. The molecule has 1 amide bonds. The van der Waals surface area contributed by atoms with Gasteiger partial charge in [0.25, 0.3) is 0 Å². The van der Waals surface area contributed by atoms with Crippen molar-refractivity contribution in [1.29, 1.82) is 0 Å². The number of carbonyl (C=O) groups is 1. The minimum absolute atomic E-state index is 0. The summed E-state index contributed by atoms with van der Waals surface area (Å²) in [6.07, 6.45) is 4.87. The van der Waals surface area contributed by atoms with Crippen molar-refractivity contribution in [2.75, 3.05) is 34.2 Å². The molecule has 0 saturated heterocycles. The van der Waals surface area contributed by atoms with Crippen molar-refractivity contribution in [3.63, 3.8) is 0 Å². The Bertz CT molecular complexity index is 777. The van der Waals surface area contributed by atoms with Gasteiger partial charge in [-0.25, -0.2) is 0 Å². The number of nitrogens with zero attached hydrogens (tertiary/aromatic N) is 2. The van der Waals surface area contributed by atoms with Crippen molar-refractivity contribution in [2.24, 2.45) is 10.4 Å². The molecule has 7 heteroatoms. The lowest BCUT2D eigenvalue weighted by molar-refractivity contribution is -0.138. The number of furan rings is 1. The predicted molar refractivity (Wildman–Crippen MR) is 124 cm³/mol. The molecular formula is C21H31IN4O2. The second kappa shape index (κ2) is 10.1. The molecule has 0 atom stereocenters. The van der Waals surface area contributed by atoms with E-state index in [9.17, 15) is 4.79 Å². The number of nitrogens with one attached hydrogen (secondary N) is 2. The molecular weight excluding hydrogens is 467 g/mol. The van der Waals surface area contributed by atoms with Crippen molar-refractivity contribution >= 4 is 46.8 Å². The van der Waals surface area contributed by atoms with Crippen LogP contribution in [-0.4, -0.2) is 51.0 Å². The van der Waals surface area contributed by atoms with Crippen LogP contribution in [0, 0.1) is 5.41 Å². The van der Waals surface area contributed by atoms with Gasteiger partial charge in [-0.2, -0.15) is 0 Å². The van der Waals surface area contributed by atoms with Crippen LogP contribution in [-0.2, 0) is 11.2 Å². The van der Waals surface area contributed by atoms with Gasteiger partial charge < -0.3 is 20.0 Å². The molecule has 1 aromatic heterocycles. The molecule has 0 bridgehead atoms. The van der Waals surface area contributed by atoms with E-state index in [1.54, 1.807) is 11.9 Å². The zero-order valence-electron chi connectivity index (χ0n) is 17.0. The number of benzene rings is 1. The molecule has 1 aliphatic rings. The van der Waals surface area contributed by atoms with E-state index in [1.165, 1.54) is 0 Å². The van der Waals surface area contributed by atoms with Crippen LogP contribution in [0.5, 0.6) is 0 Å². The first-order chi connectivity index (χ1) is 13.0. The van der Waals surface area contributed by atoms with E-state index >= 15 is 0 Å². The first-order valence-corrected chi connectivity index (χ1v) is 9.68. The first kappa shape index (κ1) is 22.5. The fraction of sp³-hybridized carbons (Fsp3) is 0.524. The van der Waals surface area contributed by atoms with Crippen LogP contribution >= 0.6 is 24.0 Å². The Morgan fingerprint density at radius 2 is 1.93 bits per heavy atom. The lowest BCUT2D eigenvalue weighted by atomic mass is 9.84. The highest BCUT2D eigenvalue weighted by Crippen LogP contribution is 2.38. The van der Waals surface area contributed by atoms with E-state index < -0.39 is 0 Å². The fourth-order valence-electron chi connectivity index (χ4n) is 3.93. The lowest BCUT2D eigenvalue weighted by Gasteiger charge is -2.31. The van der Waals surface area contributed by atoms with E-state index in [2.05, 4.69) is 27.8 Å². The van der Waals surface area contributed by atoms with Gasteiger partial charge in [0.1, 0.15) is 11.3 Å². The number of hydrogen-bond donors (Lipinski definition) is 2. The molecule has 0 spiro atoms. The summed E-state index contributed by atoms with van der Waals surface area (Å²) in [7, 11) is 5.43. The molecule has 3 rings (SSSR count). The number of fused-ring (bicyclic) bond motifs is 1. The molecule has 154 valence electrons. The number of carbonyl (C=O) groups excluding carboxylic acids is 1. The highest BCUT2D eigenvalue weighted by Gasteiger charge is 2.42. The van der Waals surface area contributed by atoms with Crippen LogP contribution in [0.1, 0.15) is 31.4 Å².